The molecule has 1 aliphatic heterocycles. The molecule has 1 N–H and O–H groups in total. The molecule has 0 radical (unpaired) electrons. The number of ether oxygens (including phenoxy) is 1. The lowest BCUT2D eigenvalue weighted by Crippen LogP contribution is -2.41. The van der Waals surface area contributed by atoms with E-state index >= 15 is 0 Å². The molecule has 21 heavy (non-hydrogen) atoms. The molecular weight excluding hydrogens is 262 g/mol. The summed E-state index contributed by atoms with van der Waals surface area (Å²) < 4.78 is 5.88. The van der Waals surface area contributed by atoms with E-state index in [4.69, 9.17) is 4.74 Å². The van der Waals surface area contributed by atoms with Crippen molar-refractivity contribution >= 4 is 0 Å². The molecule has 0 aliphatic carbocycles. The Labute approximate surface area is 130 Å². The number of hydrogen-bond acceptors (Lipinski definition) is 4. The van der Waals surface area contributed by atoms with Crippen LogP contribution in [0.3, 0.4) is 0 Å². The van der Waals surface area contributed by atoms with Crippen LogP contribution in [0.25, 0.3) is 0 Å². The Morgan fingerprint density at radius 1 is 1.38 bits per heavy atom. The van der Waals surface area contributed by atoms with Gasteiger partial charge in [-0.3, -0.25) is 5.32 Å². The molecule has 0 aromatic heterocycles. The number of hydrogen-bond donors (Lipinski definition) is 1. The van der Waals surface area contributed by atoms with E-state index in [0.717, 1.165) is 45.5 Å². The van der Waals surface area contributed by atoms with Gasteiger partial charge in [-0.05, 0) is 65.1 Å². The van der Waals surface area contributed by atoms with E-state index in [1.807, 2.05) is 6.92 Å². The summed E-state index contributed by atoms with van der Waals surface area (Å²) >= 11 is 0. The number of likely N-dealkylation sites (tertiary alicyclic amines) is 1. The van der Waals surface area contributed by atoms with Crippen molar-refractivity contribution in [2.45, 2.75) is 70.9 Å². The van der Waals surface area contributed by atoms with Crippen molar-refractivity contribution in [3.63, 3.8) is 0 Å². The van der Waals surface area contributed by atoms with Crippen molar-refractivity contribution in [3.05, 3.63) is 0 Å². The van der Waals surface area contributed by atoms with Crippen LogP contribution in [-0.2, 0) is 4.74 Å². The molecule has 0 aromatic carbocycles. The van der Waals surface area contributed by atoms with E-state index in [0.29, 0.717) is 6.10 Å². The Morgan fingerprint density at radius 2 is 2.19 bits per heavy atom. The monoisotopic (exact) mass is 295 g/mol. The molecule has 1 saturated heterocycles. The Kier molecular flexibility index (Phi) is 8.91. The number of piperidine rings is 1. The average Bonchev–Trinajstić information content (AvgIpc) is 2.50. The number of unbranched alkanes of at least 4 members (excludes halogenated alkanes) is 1. The lowest BCUT2D eigenvalue weighted by molar-refractivity contribution is -0.000425. The third-order valence-corrected chi connectivity index (χ3v) is 4.23. The summed E-state index contributed by atoms with van der Waals surface area (Å²) in [6, 6.07) is 2.40. The number of nitrogens with one attached hydrogen (secondary N) is 1. The van der Waals surface area contributed by atoms with Crippen molar-refractivity contribution in [1.29, 1.82) is 5.26 Å². The lowest BCUT2D eigenvalue weighted by Gasteiger charge is -2.32. The van der Waals surface area contributed by atoms with Crippen LogP contribution in [0, 0.1) is 11.3 Å². The summed E-state index contributed by atoms with van der Waals surface area (Å²) in [6.45, 7) is 11.4. The van der Waals surface area contributed by atoms with Gasteiger partial charge in [-0.1, -0.05) is 13.8 Å². The summed E-state index contributed by atoms with van der Waals surface area (Å²) in [5.41, 5.74) is -0.358. The van der Waals surface area contributed by atoms with Gasteiger partial charge in [0, 0.05) is 13.2 Å². The topological polar surface area (TPSA) is 48.3 Å². The Bertz CT molecular complexity index is 316. The zero-order chi connectivity index (χ0) is 15.6. The molecule has 0 saturated carbocycles. The predicted octanol–water partition coefficient (Wildman–Crippen LogP) is 2.94. The number of rotatable bonds is 10. The van der Waals surface area contributed by atoms with Gasteiger partial charge in [0.05, 0.1) is 12.2 Å². The molecule has 2 unspecified atom stereocenters. The number of nitrogens with zero attached hydrogens (tertiary/aromatic N) is 2. The van der Waals surface area contributed by atoms with E-state index in [1.165, 1.54) is 25.8 Å². The minimum atomic E-state index is -0.358. The van der Waals surface area contributed by atoms with E-state index in [9.17, 15) is 5.26 Å². The SMILES string of the molecule is CCCOC1CCCN(CCCCC(C)(C#N)NCC)C1. The average molecular weight is 295 g/mol. The highest BCUT2D eigenvalue weighted by Crippen LogP contribution is 2.16. The van der Waals surface area contributed by atoms with Crippen molar-refractivity contribution in [3.8, 4) is 6.07 Å². The molecule has 4 heteroatoms. The van der Waals surface area contributed by atoms with Gasteiger partial charge in [0.25, 0.3) is 0 Å². The van der Waals surface area contributed by atoms with Gasteiger partial charge in [0.1, 0.15) is 5.54 Å². The first-order valence-electron chi connectivity index (χ1n) is 8.63. The Morgan fingerprint density at radius 3 is 2.86 bits per heavy atom. The van der Waals surface area contributed by atoms with Crippen LogP contribution in [0.5, 0.6) is 0 Å². The quantitative estimate of drug-likeness (QED) is 0.630. The second-order valence-corrected chi connectivity index (χ2v) is 6.37. The zero-order valence-electron chi connectivity index (χ0n) is 14.2. The molecule has 1 heterocycles. The maximum Gasteiger partial charge on any atom is 0.103 e. The highest BCUT2D eigenvalue weighted by atomic mass is 16.5. The van der Waals surface area contributed by atoms with Crippen molar-refractivity contribution in [1.82, 2.24) is 10.2 Å². The van der Waals surface area contributed by atoms with Crippen LogP contribution < -0.4 is 5.32 Å². The third kappa shape index (κ3) is 7.26. The summed E-state index contributed by atoms with van der Waals surface area (Å²) in [6.07, 6.45) is 7.21. The minimum absolute atomic E-state index is 0.358. The van der Waals surface area contributed by atoms with Crippen LogP contribution >= 0.6 is 0 Å². The maximum atomic E-state index is 9.24. The summed E-state index contributed by atoms with van der Waals surface area (Å²) in [4.78, 5) is 2.53. The standard InChI is InChI=1S/C17H33N3O/c1-4-13-21-16-9-8-12-20(14-16)11-7-6-10-17(3,15-18)19-5-2/h16,19H,4-14H2,1-3H3. The number of nitriles is 1. The predicted molar refractivity (Wildman–Crippen MR) is 87.3 cm³/mol. The van der Waals surface area contributed by atoms with Gasteiger partial charge in [0.15, 0.2) is 0 Å². The molecule has 1 fully saturated rings. The van der Waals surface area contributed by atoms with Gasteiger partial charge >= 0.3 is 0 Å². The Hall–Kier alpha value is -0.630. The van der Waals surface area contributed by atoms with Gasteiger partial charge < -0.3 is 9.64 Å². The molecule has 4 nitrogen and oxygen atoms in total. The normalized spacial score (nSPS) is 22.7. The first-order valence-corrected chi connectivity index (χ1v) is 8.63. The lowest BCUT2D eigenvalue weighted by atomic mass is 9.96. The van der Waals surface area contributed by atoms with E-state index in [-0.39, 0.29) is 5.54 Å². The van der Waals surface area contributed by atoms with E-state index in [1.54, 1.807) is 0 Å². The molecule has 0 amide bonds. The molecule has 122 valence electrons. The van der Waals surface area contributed by atoms with E-state index in [2.05, 4.69) is 30.1 Å². The van der Waals surface area contributed by atoms with Crippen LogP contribution in [0.4, 0.5) is 0 Å². The van der Waals surface area contributed by atoms with Crippen molar-refractivity contribution in [2.24, 2.45) is 0 Å². The van der Waals surface area contributed by atoms with Gasteiger partial charge in [-0.25, -0.2) is 0 Å². The van der Waals surface area contributed by atoms with Gasteiger partial charge in [-0.15, -0.1) is 0 Å². The smallest absolute Gasteiger partial charge is 0.103 e. The molecule has 1 aliphatic rings. The second kappa shape index (κ2) is 10.2. The fraction of sp³-hybridized carbons (Fsp3) is 0.941. The fourth-order valence-corrected chi connectivity index (χ4v) is 3.02. The van der Waals surface area contributed by atoms with Crippen LogP contribution in [0.1, 0.15) is 59.3 Å². The van der Waals surface area contributed by atoms with Crippen molar-refractivity contribution < 1.29 is 4.74 Å². The molecule has 0 bridgehead atoms. The van der Waals surface area contributed by atoms with Crippen LogP contribution in [-0.4, -0.2) is 49.3 Å². The van der Waals surface area contributed by atoms with Crippen LogP contribution in [0.2, 0.25) is 0 Å². The summed E-state index contributed by atoms with van der Waals surface area (Å²) in [7, 11) is 0. The van der Waals surface area contributed by atoms with E-state index < -0.39 is 0 Å². The highest BCUT2D eigenvalue weighted by molar-refractivity contribution is 5.03. The molecule has 1 rings (SSSR count). The maximum absolute atomic E-state index is 9.24. The van der Waals surface area contributed by atoms with Crippen molar-refractivity contribution in [2.75, 3.05) is 32.8 Å². The minimum Gasteiger partial charge on any atom is -0.377 e. The van der Waals surface area contributed by atoms with Gasteiger partial charge in [0.2, 0.25) is 0 Å². The fourth-order valence-electron chi connectivity index (χ4n) is 3.02. The first kappa shape index (κ1) is 18.4. The second-order valence-electron chi connectivity index (χ2n) is 6.37. The first-order chi connectivity index (χ1) is 10.1. The molecule has 0 spiro atoms. The summed E-state index contributed by atoms with van der Waals surface area (Å²) in [5, 5.41) is 12.5. The molecule has 0 aromatic rings. The molecular formula is C17H33N3O. The molecule has 2 atom stereocenters. The Balaban J connectivity index is 2.18. The van der Waals surface area contributed by atoms with Gasteiger partial charge in [-0.2, -0.15) is 5.26 Å². The summed E-state index contributed by atoms with van der Waals surface area (Å²) in [5.74, 6) is 0. The third-order valence-electron chi connectivity index (χ3n) is 4.23. The zero-order valence-corrected chi connectivity index (χ0v) is 14.2. The van der Waals surface area contributed by atoms with Crippen LogP contribution in [0.15, 0.2) is 0 Å². The highest BCUT2D eigenvalue weighted by Gasteiger charge is 2.22. The largest absolute Gasteiger partial charge is 0.377 e.